The molecule has 4 rings (SSSR count). The molecule has 30 heavy (non-hydrogen) atoms. The number of ether oxygens (including phenoxy) is 2. The molecule has 2 fully saturated rings. The number of piperazine rings is 1. The third-order valence-electron chi connectivity index (χ3n) is 6.77. The van der Waals surface area contributed by atoms with Crippen molar-refractivity contribution in [1.29, 1.82) is 0 Å². The van der Waals surface area contributed by atoms with E-state index in [-0.39, 0.29) is 11.9 Å². The van der Waals surface area contributed by atoms with Crippen LogP contribution in [0.15, 0.2) is 30.5 Å². The summed E-state index contributed by atoms with van der Waals surface area (Å²) in [6.07, 6.45) is 2.66. The standard InChI is InChI=1S/C24H31N3O3/c1-6-30-23-10-7-18(12-25-23)24(28)27-14-19-11-20(27)13-26(19)17(4)21-8-9-22(29-5)16(3)15(21)2/h7-10,12,17,19-20H,6,11,13-14H2,1-5H3/t17-,19+,20+/m0/s1. The van der Waals surface area contributed by atoms with Crippen LogP contribution in [0.3, 0.4) is 0 Å². The van der Waals surface area contributed by atoms with Gasteiger partial charge in [0.1, 0.15) is 5.75 Å². The number of amides is 1. The number of likely N-dealkylation sites (tertiary alicyclic amines) is 2. The fourth-order valence-corrected chi connectivity index (χ4v) is 5.00. The summed E-state index contributed by atoms with van der Waals surface area (Å²) in [7, 11) is 1.72. The Labute approximate surface area is 178 Å². The fourth-order valence-electron chi connectivity index (χ4n) is 5.00. The van der Waals surface area contributed by atoms with Gasteiger partial charge in [-0.15, -0.1) is 0 Å². The zero-order valence-corrected chi connectivity index (χ0v) is 18.5. The van der Waals surface area contributed by atoms with Crippen molar-refractivity contribution in [1.82, 2.24) is 14.8 Å². The van der Waals surface area contributed by atoms with Crippen LogP contribution in [0.25, 0.3) is 0 Å². The van der Waals surface area contributed by atoms with Crippen LogP contribution >= 0.6 is 0 Å². The van der Waals surface area contributed by atoms with Crippen molar-refractivity contribution in [3.8, 4) is 11.6 Å². The molecular formula is C24H31N3O3. The predicted octanol–water partition coefficient (Wildman–Crippen LogP) is 3.77. The lowest BCUT2D eigenvalue weighted by Crippen LogP contribution is -2.49. The van der Waals surface area contributed by atoms with Gasteiger partial charge in [-0.1, -0.05) is 6.07 Å². The van der Waals surface area contributed by atoms with Gasteiger partial charge < -0.3 is 14.4 Å². The first-order chi connectivity index (χ1) is 14.4. The predicted molar refractivity (Wildman–Crippen MR) is 116 cm³/mol. The highest BCUT2D eigenvalue weighted by Crippen LogP contribution is 2.39. The molecule has 3 atom stereocenters. The average Bonchev–Trinajstić information content (AvgIpc) is 3.36. The molecule has 2 aliphatic rings. The molecule has 6 heteroatoms. The number of pyridine rings is 1. The summed E-state index contributed by atoms with van der Waals surface area (Å²) in [5.74, 6) is 1.57. The molecule has 2 aliphatic heterocycles. The lowest BCUT2D eigenvalue weighted by Gasteiger charge is -2.38. The van der Waals surface area contributed by atoms with E-state index in [0.29, 0.717) is 30.1 Å². The Hall–Kier alpha value is -2.60. The van der Waals surface area contributed by atoms with Gasteiger partial charge in [-0.2, -0.15) is 0 Å². The third kappa shape index (κ3) is 3.54. The Balaban J connectivity index is 1.45. The minimum Gasteiger partial charge on any atom is -0.496 e. The minimum atomic E-state index is 0.0711. The van der Waals surface area contributed by atoms with Crippen molar-refractivity contribution in [3.63, 3.8) is 0 Å². The van der Waals surface area contributed by atoms with E-state index >= 15 is 0 Å². The highest BCUT2D eigenvalue weighted by atomic mass is 16.5. The van der Waals surface area contributed by atoms with Crippen molar-refractivity contribution in [2.24, 2.45) is 0 Å². The summed E-state index contributed by atoms with van der Waals surface area (Å²) in [6.45, 7) is 10.7. The quantitative estimate of drug-likeness (QED) is 0.727. The number of carbonyl (C=O) groups is 1. The Morgan fingerprint density at radius 1 is 1.17 bits per heavy atom. The Kier molecular flexibility index (Phi) is 5.69. The van der Waals surface area contributed by atoms with Crippen molar-refractivity contribution >= 4 is 5.91 Å². The van der Waals surface area contributed by atoms with Crippen LogP contribution in [0.4, 0.5) is 0 Å². The third-order valence-corrected chi connectivity index (χ3v) is 6.77. The van der Waals surface area contributed by atoms with Gasteiger partial charge in [0.15, 0.2) is 0 Å². The van der Waals surface area contributed by atoms with E-state index in [9.17, 15) is 4.79 Å². The fraction of sp³-hybridized carbons (Fsp3) is 0.500. The number of hydrogen-bond donors (Lipinski definition) is 0. The van der Waals surface area contributed by atoms with Crippen LogP contribution in [-0.4, -0.2) is 59.6 Å². The van der Waals surface area contributed by atoms with Gasteiger partial charge in [0.25, 0.3) is 5.91 Å². The van der Waals surface area contributed by atoms with E-state index in [1.165, 1.54) is 16.7 Å². The normalized spacial score (nSPS) is 21.7. The summed E-state index contributed by atoms with van der Waals surface area (Å²) >= 11 is 0. The highest BCUT2D eigenvalue weighted by molar-refractivity contribution is 5.94. The smallest absolute Gasteiger partial charge is 0.255 e. The summed E-state index contributed by atoms with van der Waals surface area (Å²) < 4.78 is 10.8. The van der Waals surface area contributed by atoms with Crippen molar-refractivity contribution in [2.75, 3.05) is 26.8 Å². The molecule has 2 bridgehead atoms. The van der Waals surface area contributed by atoms with Crippen molar-refractivity contribution < 1.29 is 14.3 Å². The summed E-state index contributed by atoms with van der Waals surface area (Å²) in [6, 6.07) is 8.81. The second-order valence-corrected chi connectivity index (χ2v) is 8.30. The molecule has 160 valence electrons. The molecule has 3 heterocycles. The van der Waals surface area contributed by atoms with E-state index in [4.69, 9.17) is 9.47 Å². The molecule has 0 spiro atoms. The molecule has 6 nitrogen and oxygen atoms in total. The number of hydrogen-bond acceptors (Lipinski definition) is 5. The van der Waals surface area contributed by atoms with Crippen LogP contribution in [0.2, 0.25) is 0 Å². The number of methoxy groups -OCH3 is 1. The average molecular weight is 410 g/mol. The van der Waals surface area contributed by atoms with Gasteiger partial charge in [-0.05, 0) is 62.9 Å². The number of nitrogens with zero attached hydrogens (tertiary/aromatic N) is 3. The van der Waals surface area contributed by atoms with Crippen LogP contribution in [0, 0.1) is 13.8 Å². The molecule has 1 amide bonds. The number of rotatable bonds is 6. The number of benzene rings is 1. The first-order valence-corrected chi connectivity index (χ1v) is 10.7. The second-order valence-electron chi connectivity index (χ2n) is 8.30. The summed E-state index contributed by atoms with van der Waals surface area (Å²) in [4.78, 5) is 21.9. The molecule has 0 radical (unpaired) electrons. The maximum atomic E-state index is 13.0. The number of carbonyl (C=O) groups excluding carboxylic acids is 1. The van der Waals surface area contributed by atoms with Gasteiger partial charge in [0.2, 0.25) is 5.88 Å². The molecule has 2 saturated heterocycles. The van der Waals surface area contributed by atoms with E-state index in [1.807, 2.05) is 17.9 Å². The zero-order valence-electron chi connectivity index (χ0n) is 18.5. The van der Waals surface area contributed by atoms with Crippen LogP contribution in [-0.2, 0) is 0 Å². The van der Waals surface area contributed by atoms with Gasteiger partial charge in [0.05, 0.1) is 19.3 Å². The van der Waals surface area contributed by atoms with Crippen LogP contribution in [0.5, 0.6) is 11.6 Å². The molecular weight excluding hydrogens is 378 g/mol. The molecule has 2 aromatic rings. The highest BCUT2D eigenvalue weighted by Gasteiger charge is 2.47. The molecule has 0 unspecified atom stereocenters. The lowest BCUT2D eigenvalue weighted by molar-refractivity contribution is 0.0568. The first kappa shape index (κ1) is 20.7. The second kappa shape index (κ2) is 8.26. The van der Waals surface area contributed by atoms with E-state index in [2.05, 4.69) is 42.8 Å². The Morgan fingerprint density at radius 2 is 1.97 bits per heavy atom. The van der Waals surface area contributed by atoms with Crippen molar-refractivity contribution in [3.05, 3.63) is 52.7 Å². The summed E-state index contributed by atoms with van der Waals surface area (Å²) in [5, 5.41) is 0. The topological polar surface area (TPSA) is 54.9 Å². The maximum Gasteiger partial charge on any atom is 0.255 e. The van der Waals surface area contributed by atoms with E-state index in [0.717, 1.165) is 25.3 Å². The SMILES string of the molecule is CCOc1ccc(C(=O)N2C[C@H]3C[C@@H]2CN3[C@@H](C)c2ccc(OC)c(C)c2C)cn1. The molecule has 0 saturated carbocycles. The van der Waals surface area contributed by atoms with Gasteiger partial charge >= 0.3 is 0 Å². The van der Waals surface area contributed by atoms with Crippen molar-refractivity contribution in [2.45, 2.75) is 52.2 Å². The Morgan fingerprint density at radius 3 is 2.57 bits per heavy atom. The number of fused-ring (bicyclic) bond motifs is 2. The van der Waals surface area contributed by atoms with Gasteiger partial charge in [-0.3, -0.25) is 9.69 Å². The zero-order chi connectivity index (χ0) is 21.4. The van der Waals surface area contributed by atoms with Crippen LogP contribution in [0.1, 0.15) is 53.4 Å². The first-order valence-electron chi connectivity index (χ1n) is 10.7. The summed E-state index contributed by atoms with van der Waals surface area (Å²) in [5.41, 5.74) is 4.46. The lowest BCUT2D eigenvalue weighted by atomic mass is 9.96. The molecule has 1 aromatic heterocycles. The van der Waals surface area contributed by atoms with Gasteiger partial charge in [0, 0.05) is 43.5 Å². The maximum absolute atomic E-state index is 13.0. The van der Waals surface area contributed by atoms with Gasteiger partial charge in [-0.25, -0.2) is 4.98 Å². The van der Waals surface area contributed by atoms with E-state index in [1.54, 1.807) is 19.4 Å². The molecule has 0 aliphatic carbocycles. The molecule has 0 N–H and O–H groups in total. The molecule has 1 aromatic carbocycles. The van der Waals surface area contributed by atoms with Crippen LogP contribution < -0.4 is 9.47 Å². The minimum absolute atomic E-state index is 0.0711. The monoisotopic (exact) mass is 409 g/mol. The Bertz CT molecular complexity index is 928. The van der Waals surface area contributed by atoms with E-state index < -0.39 is 0 Å². The number of aromatic nitrogens is 1. The largest absolute Gasteiger partial charge is 0.496 e.